The molecule has 6 heteroatoms. The molecule has 0 radical (unpaired) electrons. The lowest BCUT2D eigenvalue weighted by Gasteiger charge is -2.54. The van der Waals surface area contributed by atoms with Crippen LogP contribution in [0.3, 0.4) is 0 Å². The van der Waals surface area contributed by atoms with Gasteiger partial charge in [0.15, 0.2) is 0 Å². The number of nitrogens with zero attached hydrogens (tertiary/aromatic N) is 1. The Kier molecular flexibility index (Phi) is 5.68. The number of ether oxygens (including phenoxy) is 4. The third kappa shape index (κ3) is 3.26. The lowest BCUT2D eigenvalue weighted by Crippen LogP contribution is -2.71. The number of carbonyl (C=O) groups is 1. The fourth-order valence-corrected chi connectivity index (χ4v) is 3.45. The summed E-state index contributed by atoms with van der Waals surface area (Å²) in [5, 5.41) is 0. The van der Waals surface area contributed by atoms with Crippen LogP contribution < -0.4 is 14.4 Å². The normalized spacial score (nSPS) is 18.1. The first-order valence-electron chi connectivity index (χ1n) is 9.00. The van der Waals surface area contributed by atoms with Gasteiger partial charge in [0.05, 0.1) is 14.2 Å². The summed E-state index contributed by atoms with van der Waals surface area (Å²) in [4.78, 5) is 14.9. The van der Waals surface area contributed by atoms with Gasteiger partial charge in [-0.15, -0.1) is 0 Å². The van der Waals surface area contributed by atoms with Crippen LogP contribution in [-0.2, 0) is 14.3 Å². The lowest BCUT2D eigenvalue weighted by atomic mass is 9.85. The third-order valence-corrected chi connectivity index (χ3v) is 4.61. The molecule has 0 saturated carbocycles. The SMILES string of the molecule is CCOC1(OCC)C(=O)N(c2ccc(OC)cc2)C1c1cccc(OC)c1. The summed E-state index contributed by atoms with van der Waals surface area (Å²) in [6.45, 7) is 4.44. The van der Waals surface area contributed by atoms with Gasteiger partial charge in [-0.3, -0.25) is 9.69 Å². The van der Waals surface area contributed by atoms with E-state index >= 15 is 0 Å². The highest BCUT2D eigenvalue weighted by molar-refractivity contribution is 6.07. The molecule has 1 amide bonds. The maximum absolute atomic E-state index is 13.2. The molecular weight excluding hydrogens is 346 g/mol. The highest BCUT2D eigenvalue weighted by Gasteiger charge is 2.64. The molecule has 1 atom stereocenters. The van der Waals surface area contributed by atoms with Gasteiger partial charge >= 0.3 is 0 Å². The predicted octanol–water partition coefficient (Wildman–Crippen LogP) is 3.56. The van der Waals surface area contributed by atoms with Crippen LogP contribution >= 0.6 is 0 Å². The number of hydrogen-bond donors (Lipinski definition) is 0. The van der Waals surface area contributed by atoms with Crippen molar-refractivity contribution in [1.82, 2.24) is 0 Å². The second-order valence-corrected chi connectivity index (χ2v) is 6.09. The molecule has 2 aromatic rings. The number of β-lactam (4-membered cyclic amide) rings is 1. The number of anilines is 1. The monoisotopic (exact) mass is 371 g/mol. The van der Waals surface area contributed by atoms with E-state index in [0.29, 0.717) is 19.0 Å². The van der Waals surface area contributed by atoms with Crippen molar-refractivity contribution in [2.24, 2.45) is 0 Å². The van der Waals surface area contributed by atoms with E-state index in [1.54, 1.807) is 19.1 Å². The molecular formula is C21H25NO5. The Bertz CT molecular complexity index is 783. The van der Waals surface area contributed by atoms with Crippen LogP contribution in [0.1, 0.15) is 25.5 Å². The summed E-state index contributed by atoms with van der Waals surface area (Å²) in [6, 6.07) is 14.5. The van der Waals surface area contributed by atoms with E-state index in [1.165, 1.54) is 0 Å². The maximum Gasteiger partial charge on any atom is 0.290 e. The van der Waals surface area contributed by atoms with Crippen LogP contribution in [-0.4, -0.2) is 39.1 Å². The van der Waals surface area contributed by atoms with Crippen molar-refractivity contribution < 1.29 is 23.7 Å². The zero-order valence-electron chi connectivity index (χ0n) is 16.1. The molecule has 2 aromatic carbocycles. The molecule has 1 aliphatic heterocycles. The van der Waals surface area contributed by atoms with Gasteiger partial charge in [-0.25, -0.2) is 0 Å². The van der Waals surface area contributed by atoms with Gasteiger partial charge in [0.25, 0.3) is 11.7 Å². The van der Waals surface area contributed by atoms with Gasteiger partial charge in [-0.1, -0.05) is 12.1 Å². The number of hydrogen-bond acceptors (Lipinski definition) is 5. The van der Waals surface area contributed by atoms with E-state index in [-0.39, 0.29) is 5.91 Å². The van der Waals surface area contributed by atoms with Gasteiger partial charge in [-0.05, 0) is 55.8 Å². The van der Waals surface area contributed by atoms with Crippen molar-refractivity contribution in [2.75, 3.05) is 32.3 Å². The van der Waals surface area contributed by atoms with Crippen molar-refractivity contribution in [3.05, 3.63) is 54.1 Å². The Balaban J connectivity index is 2.06. The molecule has 27 heavy (non-hydrogen) atoms. The number of benzene rings is 2. The van der Waals surface area contributed by atoms with Crippen LogP contribution in [0.2, 0.25) is 0 Å². The summed E-state index contributed by atoms with van der Waals surface area (Å²) in [7, 11) is 3.22. The number of carbonyl (C=O) groups excluding carboxylic acids is 1. The Hall–Kier alpha value is -2.57. The number of rotatable bonds is 8. The molecule has 0 aliphatic carbocycles. The molecule has 144 valence electrons. The Labute approximate surface area is 159 Å². The average molecular weight is 371 g/mol. The number of methoxy groups -OCH3 is 2. The van der Waals surface area contributed by atoms with Gasteiger partial charge in [0.2, 0.25) is 0 Å². The fourth-order valence-electron chi connectivity index (χ4n) is 3.45. The summed E-state index contributed by atoms with van der Waals surface area (Å²) in [6.07, 6.45) is 0. The highest BCUT2D eigenvalue weighted by Crippen LogP contribution is 2.49. The minimum Gasteiger partial charge on any atom is -0.497 e. The van der Waals surface area contributed by atoms with Crippen molar-refractivity contribution in [3.63, 3.8) is 0 Å². The van der Waals surface area contributed by atoms with Crippen LogP contribution in [0.15, 0.2) is 48.5 Å². The molecule has 1 aliphatic rings. The van der Waals surface area contributed by atoms with Gasteiger partial charge in [-0.2, -0.15) is 0 Å². The standard InChI is InChI=1S/C21H25NO5/c1-5-26-21(27-6-2)19(15-8-7-9-18(14-15)25-4)22(20(21)23)16-10-12-17(24-3)13-11-16/h7-14,19H,5-6H2,1-4H3. The summed E-state index contributed by atoms with van der Waals surface area (Å²) < 4.78 is 22.3. The number of amides is 1. The minimum atomic E-state index is -1.34. The fraction of sp³-hybridized carbons (Fsp3) is 0.381. The minimum absolute atomic E-state index is 0.218. The third-order valence-electron chi connectivity index (χ3n) is 4.61. The van der Waals surface area contributed by atoms with Crippen molar-refractivity contribution in [3.8, 4) is 11.5 Å². The second-order valence-electron chi connectivity index (χ2n) is 6.09. The highest BCUT2D eigenvalue weighted by atomic mass is 16.7. The first-order chi connectivity index (χ1) is 13.1. The molecule has 0 spiro atoms. The maximum atomic E-state index is 13.2. The van der Waals surface area contributed by atoms with E-state index in [1.807, 2.05) is 62.4 Å². The molecule has 3 rings (SSSR count). The van der Waals surface area contributed by atoms with Crippen LogP contribution in [0.5, 0.6) is 11.5 Å². The topological polar surface area (TPSA) is 57.2 Å². The zero-order valence-corrected chi connectivity index (χ0v) is 16.1. The molecule has 0 bridgehead atoms. The molecule has 0 N–H and O–H groups in total. The first-order valence-corrected chi connectivity index (χ1v) is 9.00. The van der Waals surface area contributed by atoms with E-state index in [2.05, 4.69) is 0 Å². The first kappa shape index (κ1) is 19.2. The smallest absolute Gasteiger partial charge is 0.290 e. The van der Waals surface area contributed by atoms with Crippen molar-refractivity contribution >= 4 is 11.6 Å². The zero-order chi connectivity index (χ0) is 19.4. The molecule has 1 heterocycles. The molecule has 1 saturated heterocycles. The van der Waals surface area contributed by atoms with Crippen LogP contribution in [0.4, 0.5) is 5.69 Å². The lowest BCUT2D eigenvalue weighted by molar-refractivity contribution is -0.258. The molecule has 0 aromatic heterocycles. The molecule has 6 nitrogen and oxygen atoms in total. The Morgan fingerprint density at radius 2 is 1.56 bits per heavy atom. The predicted molar refractivity (Wildman–Crippen MR) is 102 cm³/mol. The Morgan fingerprint density at radius 1 is 0.926 bits per heavy atom. The quantitative estimate of drug-likeness (QED) is 0.525. The van der Waals surface area contributed by atoms with E-state index in [9.17, 15) is 4.79 Å². The van der Waals surface area contributed by atoms with Crippen molar-refractivity contribution in [1.29, 1.82) is 0 Å². The van der Waals surface area contributed by atoms with Gasteiger partial charge in [0, 0.05) is 18.9 Å². The largest absolute Gasteiger partial charge is 0.497 e. The van der Waals surface area contributed by atoms with Crippen LogP contribution in [0.25, 0.3) is 0 Å². The van der Waals surface area contributed by atoms with Gasteiger partial charge < -0.3 is 18.9 Å². The van der Waals surface area contributed by atoms with Crippen LogP contribution in [0, 0.1) is 0 Å². The molecule has 1 fully saturated rings. The summed E-state index contributed by atoms with van der Waals surface area (Å²) in [5.74, 6) is -0.117. The van der Waals surface area contributed by atoms with Crippen molar-refractivity contribution in [2.45, 2.75) is 25.7 Å². The summed E-state index contributed by atoms with van der Waals surface area (Å²) in [5.41, 5.74) is 1.63. The van der Waals surface area contributed by atoms with Gasteiger partial charge in [0.1, 0.15) is 17.5 Å². The second kappa shape index (κ2) is 7.98. The molecule has 1 unspecified atom stereocenters. The Morgan fingerprint density at radius 3 is 2.11 bits per heavy atom. The van der Waals surface area contributed by atoms with E-state index in [0.717, 1.165) is 17.0 Å². The van der Waals surface area contributed by atoms with E-state index in [4.69, 9.17) is 18.9 Å². The van der Waals surface area contributed by atoms with E-state index < -0.39 is 11.8 Å². The summed E-state index contributed by atoms with van der Waals surface area (Å²) >= 11 is 0. The average Bonchev–Trinajstić information content (AvgIpc) is 2.71.